The first-order valence-corrected chi connectivity index (χ1v) is 7.69. The van der Waals surface area contributed by atoms with Crippen LogP contribution >= 0.6 is 0 Å². The summed E-state index contributed by atoms with van der Waals surface area (Å²) in [7, 11) is 1.61. The van der Waals surface area contributed by atoms with E-state index < -0.39 is 5.82 Å². The molecule has 0 bridgehead atoms. The summed E-state index contributed by atoms with van der Waals surface area (Å²) in [5.41, 5.74) is 1.98. The third kappa shape index (κ3) is 5.48. The van der Waals surface area contributed by atoms with Gasteiger partial charge < -0.3 is 20.7 Å². The number of nitrogens with zero attached hydrogens (tertiary/aromatic N) is 1. The van der Waals surface area contributed by atoms with Gasteiger partial charge in [0.1, 0.15) is 17.4 Å². The zero-order valence-electron chi connectivity index (χ0n) is 13.8. The highest BCUT2D eigenvalue weighted by atomic mass is 19.1. The number of amides is 2. The molecule has 0 fully saturated rings. The fourth-order valence-electron chi connectivity index (χ4n) is 2.24. The number of nitriles is 1. The maximum absolute atomic E-state index is 13.5. The van der Waals surface area contributed by atoms with Crippen molar-refractivity contribution in [3.05, 3.63) is 59.4 Å². The molecule has 2 rings (SSSR count). The van der Waals surface area contributed by atoms with E-state index in [1.807, 2.05) is 24.3 Å². The lowest BCUT2D eigenvalue weighted by Crippen LogP contribution is -2.32. The van der Waals surface area contributed by atoms with E-state index in [4.69, 9.17) is 10.00 Å². The molecule has 0 spiro atoms. The fourth-order valence-corrected chi connectivity index (χ4v) is 2.24. The van der Waals surface area contributed by atoms with E-state index in [0.29, 0.717) is 31.1 Å². The minimum absolute atomic E-state index is 0.0399. The second-order valence-corrected chi connectivity index (χ2v) is 5.22. The lowest BCUT2D eigenvalue weighted by molar-refractivity contribution is 0.185. The molecule has 2 aromatic rings. The summed E-state index contributed by atoms with van der Waals surface area (Å²) in [6.07, 6.45) is 0. The van der Waals surface area contributed by atoms with Gasteiger partial charge in [-0.1, -0.05) is 18.2 Å². The van der Waals surface area contributed by atoms with Gasteiger partial charge in [-0.05, 0) is 29.8 Å². The summed E-state index contributed by atoms with van der Waals surface area (Å²) in [6, 6.07) is 13.2. The quantitative estimate of drug-likeness (QED) is 0.675. The smallest absolute Gasteiger partial charge is 0.319 e. The number of anilines is 2. The molecule has 2 amide bonds. The second kappa shape index (κ2) is 9.25. The molecule has 0 saturated heterocycles. The first-order chi connectivity index (χ1) is 12.1. The van der Waals surface area contributed by atoms with Crippen molar-refractivity contribution >= 4 is 17.4 Å². The molecule has 2 aromatic carbocycles. The predicted octanol–water partition coefficient (Wildman–Crippen LogP) is 3.08. The number of ether oxygens (including phenoxy) is 1. The molecule has 0 saturated carbocycles. The number of carbonyl (C=O) groups excluding carboxylic acids is 1. The molecule has 0 atom stereocenters. The summed E-state index contributed by atoms with van der Waals surface area (Å²) in [5.74, 6) is -0.575. The van der Waals surface area contributed by atoms with Crippen molar-refractivity contribution in [3.63, 3.8) is 0 Å². The van der Waals surface area contributed by atoms with Crippen LogP contribution in [0.4, 0.5) is 20.6 Å². The minimum Gasteiger partial charge on any atom is -0.382 e. The zero-order chi connectivity index (χ0) is 18.1. The van der Waals surface area contributed by atoms with Crippen LogP contribution in [-0.2, 0) is 11.3 Å². The van der Waals surface area contributed by atoms with Crippen LogP contribution in [0.1, 0.15) is 11.1 Å². The molecule has 25 heavy (non-hydrogen) atoms. The molecule has 0 heterocycles. The van der Waals surface area contributed by atoms with Crippen molar-refractivity contribution < 1.29 is 13.9 Å². The normalized spacial score (nSPS) is 9.96. The fraction of sp³-hybridized carbons (Fsp3) is 0.222. The van der Waals surface area contributed by atoms with Crippen molar-refractivity contribution in [1.29, 1.82) is 5.26 Å². The number of benzene rings is 2. The van der Waals surface area contributed by atoms with Crippen LogP contribution in [0.3, 0.4) is 0 Å². The number of nitrogens with one attached hydrogen (secondary N) is 3. The standard InChI is InChI=1S/C18H19FN4O2/c1-25-12-13-4-2-5-14(10-13)23-18(24)22-9-8-21-17-7-3-6-16(19)15(17)11-20/h2-7,10,21H,8-9,12H2,1H3,(H2,22,23,24). The van der Waals surface area contributed by atoms with E-state index in [-0.39, 0.29) is 11.6 Å². The van der Waals surface area contributed by atoms with Crippen molar-refractivity contribution in [2.75, 3.05) is 30.8 Å². The van der Waals surface area contributed by atoms with E-state index in [0.717, 1.165) is 5.56 Å². The van der Waals surface area contributed by atoms with Gasteiger partial charge in [0.25, 0.3) is 0 Å². The Kier molecular flexibility index (Phi) is 6.75. The molecule has 0 aliphatic heterocycles. The Hall–Kier alpha value is -3.11. The van der Waals surface area contributed by atoms with Gasteiger partial charge in [-0.15, -0.1) is 0 Å². The van der Waals surface area contributed by atoms with E-state index in [1.165, 1.54) is 12.1 Å². The Morgan fingerprint density at radius 3 is 2.80 bits per heavy atom. The van der Waals surface area contributed by atoms with Gasteiger partial charge in [-0.25, -0.2) is 9.18 Å². The van der Waals surface area contributed by atoms with E-state index in [1.54, 1.807) is 19.2 Å². The molecule has 0 aliphatic carbocycles. The highest BCUT2D eigenvalue weighted by Crippen LogP contribution is 2.17. The maximum Gasteiger partial charge on any atom is 0.319 e. The summed E-state index contributed by atoms with van der Waals surface area (Å²) in [6.45, 7) is 1.14. The Labute approximate surface area is 145 Å². The summed E-state index contributed by atoms with van der Waals surface area (Å²) >= 11 is 0. The first-order valence-electron chi connectivity index (χ1n) is 7.69. The third-order valence-electron chi connectivity index (χ3n) is 3.35. The molecule has 0 aliphatic rings. The highest BCUT2D eigenvalue weighted by Gasteiger charge is 2.07. The van der Waals surface area contributed by atoms with Crippen LogP contribution in [0, 0.1) is 17.1 Å². The molecule has 0 aromatic heterocycles. The van der Waals surface area contributed by atoms with Crippen molar-refractivity contribution in [1.82, 2.24) is 5.32 Å². The average Bonchev–Trinajstić information content (AvgIpc) is 2.59. The lowest BCUT2D eigenvalue weighted by Gasteiger charge is -2.11. The highest BCUT2D eigenvalue weighted by molar-refractivity contribution is 5.89. The van der Waals surface area contributed by atoms with Gasteiger partial charge in [-0.2, -0.15) is 5.26 Å². The summed E-state index contributed by atoms with van der Waals surface area (Å²) < 4.78 is 18.5. The van der Waals surface area contributed by atoms with Crippen LogP contribution in [0.15, 0.2) is 42.5 Å². The molecule has 7 heteroatoms. The molecular weight excluding hydrogens is 323 g/mol. The summed E-state index contributed by atoms with van der Waals surface area (Å²) in [4.78, 5) is 11.9. The van der Waals surface area contributed by atoms with Crippen LogP contribution in [0.2, 0.25) is 0 Å². The van der Waals surface area contributed by atoms with E-state index in [9.17, 15) is 9.18 Å². The number of hydrogen-bond donors (Lipinski definition) is 3. The Morgan fingerprint density at radius 1 is 1.24 bits per heavy atom. The molecule has 130 valence electrons. The molecule has 3 N–H and O–H groups in total. The van der Waals surface area contributed by atoms with Crippen LogP contribution in [0.5, 0.6) is 0 Å². The largest absolute Gasteiger partial charge is 0.382 e. The number of carbonyl (C=O) groups is 1. The molecule has 6 nitrogen and oxygen atoms in total. The zero-order valence-corrected chi connectivity index (χ0v) is 13.8. The van der Waals surface area contributed by atoms with Crippen molar-refractivity contribution in [2.45, 2.75) is 6.61 Å². The number of rotatable bonds is 7. The van der Waals surface area contributed by atoms with Gasteiger partial charge >= 0.3 is 6.03 Å². The van der Waals surface area contributed by atoms with Crippen LogP contribution in [0.25, 0.3) is 0 Å². The first kappa shape index (κ1) is 18.2. The van der Waals surface area contributed by atoms with Crippen LogP contribution in [-0.4, -0.2) is 26.2 Å². The topological polar surface area (TPSA) is 86.2 Å². The van der Waals surface area contributed by atoms with Gasteiger partial charge in [-0.3, -0.25) is 0 Å². The van der Waals surface area contributed by atoms with Gasteiger partial charge in [0.05, 0.1) is 12.3 Å². The van der Waals surface area contributed by atoms with Crippen molar-refractivity contribution in [2.24, 2.45) is 0 Å². The van der Waals surface area contributed by atoms with Gasteiger partial charge in [0.15, 0.2) is 0 Å². The number of halogens is 1. The molecular formula is C18H19FN4O2. The predicted molar refractivity (Wildman–Crippen MR) is 93.8 cm³/mol. The van der Waals surface area contributed by atoms with E-state index in [2.05, 4.69) is 16.0 Å². The minimum atomic E-state index is -0.575. The van der Waals surface area contributed by atoms with Crippen molar-refractivity contribution in [3.8, 4) is 6.07 Å². The Morgan fingerprint density at radius 2 is 2.04 bits per heavy atom. The van der Waals surface area contributed by atoms with Crippen LogP contribution < -0.4 is 16.0 Å². The monoisotopic (exact) mass is 342 g/mol. The molecule has 0 unspecified atom stereocenters. The maximum atomic E-state index is 13.5. The Bertz CT molecular complexity index is 774. The molecule has 0 radical (unpaired) electrons. The Balaban J connectivity index is 1.79. The van der Waals surface area contributed by atoms with Gasteiger partial charge in [0, 0.05) is 25.9 Å². The number of methoxy groups -OCH3 is 1. The number of hydrogen-bond acceptors (Lipinski definition) is 4. The lowest BCUT2D eigenvalue weighted by atomic mass is 10.2. The summed E-state index contributed by atoms with van der Waals surface area (Å²) in [5, 5.41) is 17.3. The number of urea groups is 1. The SMILES string of the molecule is COCc1cccc(NC(=O)NCCNc2cccc(F)c2C#N)c1. The second-order valence-electron chi connectivity index (χ2n) is 5.22. The van der Waals surface area contributed by atoms with E-state index >= 15 is 0 Å². The van der Waals surface area contributed by atoms with Gasteiger partial charge in [0.2, 0.25) is 0 Å². The third-order valence-corrected chi connectivity index (χ3v) is 3.35. The average molecular weight is 342 g/mol.